The Balaban J connectivity index is 2.59. The molecular weight excluding hydrogens is 228 g/mol. The molecule has 0 saturated carbocycles. The first-order chi connectivity index (χ1) is 7.63. The summed E-state index contributed by atoms with van der Waals surface area (Å²) in [7, 11) is 1.57. The average molecular weight is 237 g/mol. The summed E-state index contributed by atoms with van der Waals surface area (Å²) in [6, 6.07) is 6.91. The Kier molecular flexibility index (Phi) is 2.66. The maximum atomic E-state index is 10.9. The largest absolute Gasteiger partial charge is 0.493 e. The smallest absolute Gasteiger partial charge is 0.220 e. The number of benzene rings is 1. The van der Waals surface area contributed by atoms with Crippen LogP contribution in [-0.2, 0) is 7.05 Å². The topological polar surface area (TPSA) is 55.1 Å². The molecule has 4 nitrogen and oxygen atoms in total. The summed E-state index contributed by atoms with van der Waals surface area (Å²) in [4.78, 5) is 10.9. The maximum absolute atomic E-state index is 10.9. The Hall–Kier alpha value is -1.81. The van der Waals surface area contributed by atoms with Gasteiger partial charge in [0.2, 0.25) is 5.88 Å². The quantitative estimate of drug-likeness (QED) is 0.814. The van der Waals surface area contributed by atoms with E-state index in [0.717, 1.165) is 5.56 Å². The molecule has 1 aromatic carbocycles. The van der Waals surface area contributed by atoms with Gasteiger partial charge in [-0.25, -0.2) is 4.68 Å². The van der Waals surface area contributed by atoms with Gasteiger partial charge < -0.3 is 5.11 Å². The van der Waals surface area contributed by atoms with Crippen molar-refractivity contribution in [1.29, 1.82) is 0 Å². The Morgan fingerprint density at radius 1 is 1.38 bits per heavy atom. The molecular formula is C11H9ClN2O2. The lowest BCUT2D eigenvalue weighted by Crippen LogP contribution is -1.89. The molecule has 2 aromatic rings. The van der Waals surface area contributed by atoms with E-state index < -0.39 is 0 Å². The van der Waals surface area contributed by atoms with Crippen LogP contribution in [-0.4, -0.2) is 21.2 Å². The van der Waals surface area contributed by atoms with Crippen LogP contribution in [0.25, 0.3) is 11.3 Å². The van der Waals surface area contributed by atoms with Crippen LogP contribution >= 0.6 is 11.6 Å². The molecule has 0 radical (unpaired) electrons. The van der Waals surface area contributed by atoms with Crippen molar-refractivity contribution in [1.82, 2.24) is 9.78 Å². The van der Waals surface area contributed by atoms with Gasteiger partial charge in [0.1, 0.15) is 11.3 Å². The number of halogens is 1. The highest BCUT2D eigenvalue weighted by atomic mass is 35.5. The van der Waals surface area contributed by atoms with Crippen LogP contribution < -0.4 is 0 Å². The number of carbonyl (C=O) groups excluding carboxylic acids is 1. The second-order valence-electron chi connectivity index (χ2n) is 3.33. The van der Waals surface area contributed by atoms with E-state index in [0.29, 0.717) is 17.0 Å². The number of aldehydes is 1. The van der Waals surface area contributed by atoms with Gasteiger partial charge in [0.25, 0.3) is 0 Å². The zero-order valence-corrected chi connectivity index (χ0v) is 9.27. The Morgan fingerprint density at radius 2 is 2.00 bits per heavy atom. The van der Waals surface area contributed by atoms with E-state index in [4.69, 9.17) is 11.6 Å². The maximum Gasteiger partial charge on any atom is 0.220 e. The van der Waals surface area contributed by atoms with Crippen molar-refractivity contribution in [2.75, 3.05) is 0 Å². The summed E-state index contributed by atoms with van der Waals surface area (Å²) < 4.78 is 1.26. The highest BCUT2D eigenvalue weighted by molar-refractivity contribution is 6.30. The van der Waals surface area contributed by atoms with E-state index in [1.165, 1.54) is 4.68 Å². The van der Waals surface area contributed by atoms with Crippen molar-refractivity contribution in [3.8, 4) is 17.1 Å². The Bertz CT molecular complexity index is 532. The number of aryl methyl sites for hydroxylation is 1. The second kappa shape index (κ2) is 3.98. The monoisotopic (exact) mass is 236 g/mol. The highest BCUT2D eigenvalue weighted by Gasteiger charge is 2.15. The van der Waals surface area contributed by atoms with Crippen molar-refractivity contribution in [2.24, 2.45) is 7.05 Å². The Morgan fingerprint density at radius 3 is 2.56 bits per heavy atom. The number of aromatic nitrogens is 2. The van der Waals surface area contributed by atoms with Gasteiger partial charge >= 0.3 is 0 Å². The predicted molar refractivity (Wildman–Crippen MR) is 60.7 cm³/mol. The van der Waals surface area contributed by atoms with Crippen LogP contribution in [0.15, 0.2) is 24.3 Å². The lowest BCUT2D eigenvalue weighted by Gasteiger charge is -1.97. The third-order valence-corrected chi connectivity index (χ3v) is 2.54. The zero-order chi connectivity index (χ0) is 11.7. The molecule has 0 amide bonds. The van der Waals surface area contributed by atoms with Gasteiger partial charge in [-0.15, -0.1) is 0 Å². The standard InChI is InChI=1S/C11H9ClN2O2/c1-14-11(16)9(6-15)10(13-14)7-2-4-8(12)5-3-7/h2-6,16H,1H3. The second-order valence-corrected chi connectivity index (χ2v) is 3.77. The number of hydrogen-bond acceptors (Lipinski definition) is 3. The molecule has 2 rings (SSSR count). The summed E-state index contributed by atoms with van der Waals surface area (Å²) in [6.45, 7) is 0. The van der Waals surface area contributed by atoms with E-state index in [1.54, 1.807) is 31.3 Å². The first kappa shape index (κ1) is 10.7. The fraction of sp³-hybridized carbons (Fsp3) is 0.0909. The molecule has 1 aromatic heterocycles. The first-order valence-electron chi connectivity index (χ1n) is 4.60. The molecule has 16 heavy (non-hydrogen) atoms. The van der Waals surface area contributed by atoms with Gasteiger partial charge in [-0.05, 0) is 12.1 Å². The van der Waals surface area contributed by atoms with E-state index in [9.17, 15) is 9.90 Å². The molecule has 0 fully saturated rings. The summed E-state index contributed by atoms with van der Waals surface area (Å²) >= 11 is 5.76. The molecule has 0 saturated heterocycles. The fourth-order valence-electron chi connectivity index (χ4n) is 1.46. The van der Waals surface area contributed by atoms with Gasteiger partial charge in [0, 0.05) is 17.6 Å². The lowest BCUT2D eigenvalue weighted by molar-refractivity contribution is 0.112. The average Bonchev–Trinajstić information content (AvgIpc) is 2.56. The van der Waals surface area contributed by atoms with E-state index >= 15 is 0 Å². The predicted octanol–water partition coefficient (Wildman–Crippen LogP) is 2.26. The fourth-order valence-corrected chi connectivity index (χ4v) is 1.59. The normalized spacial score (nSPS) is 10.4. The van der Waals surface area contributed by atoms with Crippen molar-refractivity contribution < 1.29 is 9.90 Å². The van der Waals surface area contributed by atoms with E-state index in [-0.39, 0.29) is 11.4 Å². The minimum atomic E-state index is -0.139. The van der Waals surface area contributed by atoms with E-state index in [2.05, 4.69) is 5.10 Å². The molecule has 1 N–H and O–H groups in total. The third kappa shape index (κ3) is 1.67. The Labute approximate surface area is 97.1 Å². The molecule has 0 spiro atoms. The molecule has 0 aliphatic rings. The van der Waals surface area contributed by atoms with E-state index in [1.807, 2.05) is 0 Å². The van der Waals surface area contributed by atoms with Gasteiger partial charge in [-0.2, -0.15) is 5.10 Å². The van der Waals surface area contributed by atoms with Gasteiger partial charge in [0.15, 0.2) is 6.29 Å². The molecule has 5 heteroatoms. The number of hydrogen-bond donors (Lipinski definition) is 1. The molecule has 0 unspecified atom stereocenters. The van der Waals surface area contributed by atoms with Crippen LogP contribution in [0, 0.1) is 0 Å². The minimum Gasteiger partial charge on any atom is -0.493 e. The lowest BCUT2D eigenvalue weighted by atomic mass is 10.1. The van der Waals surface area contributed by atoms with Crippen LogP contribution in [0.2, 0.25) is 5.02 Å². The van der Waals surface area contributed by atoms with Crippen LogP contribution in [0.1, 0.15) is 10.4 Å². The summed E-state index contributed by atoms with van der Waals surface area (Å²) in [5.41, 5.74) is 1.37. The van der Waals surface area contributed by atoms with Gasteiger partial charge in [-0.1, -0.05) is 23.7 Å². The summed E-state index contributed by atoms with van der Waals surface area (Å²) in [5.74, 6) is -0.139. The van der Waals surface area contributed by atoms with Crippen LogP contribution in [0.5, 0.6) is 5.88 Å². The molecule has 82 valence electrons. The molecule has 0 bridgehead atoms. The highest BCUT2D eigenvalue weighted by Crippen LogP contribution is 2.28. The molecule has 1 heterocycles. The van der Waals surface area contributed by atoms with Crippen molar-refractivity contribution in [3.63, 3.8) is 0 Å². The van der Waals surface area contributed by atoms with Crippen LogP contribution in [0.3, 0.4) is 0 Å². The van der Waals surface area contributed by atoms with Crippen molar-refractivity contribution >= 4 is 17.9 Å². The number of rotatable bonds is 2. The minimum absolute atomic E-state index is 0.139. The number of carbonyl (C=O) groups is 1. The molecule has 0 aliphatic heterocycles. The molecule has 0 atom stereocenters. The van der Waals surface area contributed by atoms with Crippen molar-refractivity contribution in [2.45, 2.75) is 0 Å². The summed E-state index contributed by atoms with van der Waals surface area (Å²) in [6.07, 6.45) is 0.590. The number of nitrogens with zero attached hydrogens (tertiary/aromatic N) is 2. The number of aromatic hydroxyl groups is 1. The van der Waals surface area contributed by atoms with Crippen molar-refractivity contribution in [3.05, 3.63) is 34.9 Å². The van der Waals surface area contributed by atoms with Gasteiger partial charge in [-0.3, -0.25) is 4.79 Å². The first-order valence-corrected chi connectivity index (χ1v) is 4.98. The van der Waals surface area contributed by atoms with Crippen LogP contribution in [0.4, 0.5) is 0 Å². The SMILES string of the molecule is Cn1nc(-c2ccc(Cl)cc2)c(C=O)c1O. The zero-order valence-electron chi connectivity index (χ0n) is 8.51. The van der Waals surface area contributed by atoms with Gasteiger partial charge in [0.05, 0.1) is 0 Å². The third-order valence-electron chi connectivity index (χ3n) is 2.29. The summed E-state index contributed by atoms with van der Waals surface area (Å²) in [5, 5.41) is 14.3. The molecule has 0 aliphatic carbocycles.